The zero-order chi connectivity index (χ0) is 13.5. The van der Waals surface area contributed by atoms with Crippen molar-refractivity contribution in [1.82, 2.24) is 5.32 Å². The summed E-state index contributed by atoms with van der Waals surface area (Å²) < 4.78 is 0. The van der Waals surface area contributed by atoms with Gasteiger partial charge in [-0.05, 0) is 59.6 Å². The molecule has 0 atom stereocenters. The van der Waals surface area contributed by atoms with Gasteiger partial charge in [0, 0.05) is 10.7 Å². The van der Waals surface area contributed by atoms with Gasteiger partial charge in [0.2, 0.25) is 5.91 Å². The molecule has 1 aromatic heterocycles. The fourth-order valence-electron chi connectivity index (χ4n) is 1.61. The van der Waals surface area contributed by atoms with E-state index in [4.69, 9.17) is 11.6 Å². The van der Waals surface area contributed by atoms with Crippen LogP contribution in [0.5, 0.6) is 0 Å². The smallest absolute Gasteiger partial charge is 0.238 e. The van der Waals surface area contributed by atoms with Gasteiger partial charge in [-0.15, -0.1) is 0 Å². The summed E-state index contributed by atoms with van der Waals surface area (Å²) in [4.78, 5) is 11.7. The number of carbonyl (C=O) groups is 1. The average molecular weight is 295 g/mol. The van der Waals surface area contributed by atoms with E-state index in [2.05, 4.69) is 27.5 Å². The summed E-state index contributed by atoms with van der Waals surface area (Å²) in [5, 5.41) is 10.8. The molecule has 1 amide bonds. The molecule has 2 N–H and O–H groups in total. The van der Waals surface area contributed by atoms with Crippen LogP contribution in [0.1, 0.15) is 5.56 Å². The first-order valence-electron chi connectivity index (χ1n) is 6.01. The Hall–Kier alpha value is -1.36. The number of anilines is 1. The van der Waals surface area contributed by atoms with Crippen LogP contribution >= 0.6 is 22.9 Å². The predicted molar refractivity (Wildman–Crippen MR) is 81.0 cm³/mol. The maximum absolute atomic E-state index is 11.7. The Morgan fingerprint density at radius 3 is 2.68 bits per heavy atom. The molecule has 1 aromatic carbocycles. The molecule has 100 valence electrons. The van der Waals surface area contributed by atoms with Crippen molar-refractivity contribution >= 4 is 34.5 Å². The highest BCUT2D eigenvalue weighted by Crippen LogP contribution is 2.13. The minimum absolute atomic E-state index is 0.0485. The van der Waals surface area contributed by atoms with Gasteiger partial charge in [-0.1, -0.05) is 11.6 Å². The molecule has 0 bridgehead atoms. The van der Waals surface area contributed by atoms with Crippen LogP contribution in [0.2, 0.25) is 5.02 Å². The van der Waals surface area contributed by atoms with Crippen LogP contribution in [-0.4, -0.2) is 19.0 Å². The van der Waals surface area contributed by atoms with Crippen LogP contribution in [0.25, 0.3) is 0 Å². The molecule has 2 rings (SSSR count). The van der Waals surface area contributed by atoms with Crippen molar-refractivity contribution < 1.29 is 4.79 Å². The van der Waals surface area contributed by atoms with Gasteiger partial charge < -0.3 is 10.6 Å². The Kier molecular flexibility index (Phi) is 5.39. The molecule has 2 aromatic rings. The maximum Gasteiger partial charge on any atom is 0.238 e. The number of amides is 1. The molecule has 0 spiro atoms. The maximum atomic E-state index is 11.7. The molecule has 3 nitrogen and oxygen atoms in total. The SMILES string of the molecule is O=C(CNCCc1ccsc1)Nc1ccc(Cl)cc1. The van der Waals surface area contributed by atoms with Crippen LogP contribution in [-0.2, 0) is 11.2 Å². The lowest BCUT2D eigenvalue weighted by molar-refractivity contribution is -0.115. The van der Waals surface area contributed by atoms with Gasteiger partial charge in [0.05, 0.1) is 6.54 Å². The number of thiophene rings is 1. The third kappa shape index (κ3) is 5.03. The first kappa shape index (κ1) is 14.1. The minimum atomic E-state index is -0.0485. The summed E-state index contributed by atoms with van der Waals surface area (Å²) >= 11 is 7.46. The molecule has 0 saturated heterocycles. The highest BCUT2D eigenvalue weighted by molar-refractivity contribution is 7.07. The number of benzene rings is 1. The lowest BCUT2D eigenvalue weighted by Crippen LogP contribution is -2.29. The van der Waals surface area contributed by atoms with Gasteiger partial charge in [0.25, 0.3) is 0 Å². The molecule has 0 fully saturated rings. The molecule has 1 heterocycles. The van der Waals surface area contributed by atoms with Crippen LogP contribution < -0.4 is 10.6 Å². The Balaban J connectivity index is 1.65. The fourth-order valence-corrected chi connectivity index (χ4v) is 2.44. The van der Waals surface area contributed by atoms with Crippen molar-refractivity contribution in [2.45, 2.75) is 6.42 Å². The molecule has 0 saturated carbocycles. The zero-order valence-electron chi connectivity index (χ0n) is 10.4. The van der Waals surface area contributed by atoms with Crippen LogP contribution in [0.4, 0.5) is 5.69 Å². The second kappa shape index (κ2) is 7.28. The summed E-state index contributed by atoms with van der Waals surface area (Å²) in [6, 6.07) is 9.17. The van der Waals surface area contributed by atoms with Crippen molar-refractivity contribution in [3.63, 3.8) is 0 Å². The molecule has 0 radical (unpaired) electrons. The molecule has 5 heteroatoms. The van der Waals surface area contributed by atoms with Crippen molar-refractivity contribution in [2.24, 2.45) is 0 Å². The number of rotatable bonds is 6. The van der Waals surface area contributed by atoms with E-state index in [1.54, 1.807) is 35.6 Å². The Labute approximate surface area is 121 Å². The monoisotopic (exact) mass is 294 g/mol. The molecule has 0 aliphatic carbocycles. The van der Waals surface area contributed by atoms with E-state index >= 15 is 0 Å². The number of halogens is 1. The summed E-state index contributed by atoms with van der Waals surface area (Å²) in [7, 11) is 0. The molecular formula is C14H15ClN2OS. The van der Waals surface area contributed by atoms with Gasteiger partial charge in [-0.25, -0.2) is 0 Å². The summed E-state index contributed by atoms with van der Waals surface area (Å²) in [6.07, 6.45) is 0.942. The first-order valence-corrected chi connectivity index (χ1v) is 7.33. The van der Waals surface area contributed by atoms with E-state index in [1.807, 2.05) is 0 Å². The normalized spacial score (nSPS) is 10.4. The van der Waals surface area contributed by atoms with Crippen molar-refractivity contribution in [3.8, 4) is 0 Å². The predicted octanol–water partition coefficient (Wildman–Crippen LogP) is 3.17. The van der Waals surface area contributed by atoms with E-state index in [1.165, 1.54) is 5.56 Å². The van der Waals surface area contributed by atoms with E-state index in [9.17, 15) is 4.79 Å². The van der Waals surface area contributed by atoms with Crippen LogP contribution in [0, 0.1) is 0 Å². The topological polar surface area (TPSA) is 41.1 Å². The molecule has 0 unspecified atom stereocenters. The Bertz CT molecular complexity index is 511. The van der Waals surface area contributed by atoms with Crippen molar-refractivity contribution in [3.05, 3.63) is 51.7 Å². The largest absolute Gasteiger partial charge is 0.325 e. The number of carbonyl (C=O) groups excluding carboxylic acids is 1. The molecule has 0 aliphatic heterocycles. The number of nitrogens with one attached hydrogen (secondary N) is 2. The Morgan fingerprint density at radius 2 is 2.00 bits per heavy atom. The standard InChI is InChI=1S/C14H15ClN2OS/c15-12-1-3-13(4-2-12)17-14(18)9-16-7-5-11-6-8-19-10-11/h1-4,6,8,10,16H,5,7,9H2,(H,17,18). The minimum Gasteiger partial charge on any atom is -0.325 e. The lowest BCUT2D eigenvalue weighted by atomic mass is 10.2. The quantitative estimate of drug-likeness (QED) is 0.804. The van der Waals surface area contributed by atoms with Gasteiger partial charge in [0.15, 0.2) is 0 Å². The fraction of sp³-hybridized carbons (Fsp3) is 0.214. The second-order valence-corrected chi connectivity index (χ2v) is 5.33. The summed E-state index contributed by atoms with van der Waals surface area (Å²) in [5.41, 5.74) is 2.06. The van der Waals surface area contributed by atoms with E-state index in [0.717, 1.165) is 18.7 Å². The van der Waals surface area contributed by atoms with Crippen LogP contribution in [0.3, 0.4) is 0 Å². The van der Waals surface area contributed by atoms with E-state index in [0.29, 0.717) is 11.6 Å². The Morgan fingerprint density at radius 1 is 1.21 bits per heavy atom. The highest BCUT2D eigenvalue weighted by atomic mass is 35.5. The lowest BCUT2D eigenvalue weighted by Gasteiger charge is -2.06. The van der Waals surface area contributed by atoms with Gasteiger partial charge in [-0.3, -0.25) is 4.79 Å². The van der Waals surface area contributed by atoms with Crippen LogP contribution in [0.15, 0.2) is 41.1 Å². The van der Waals surface area contributed by atoms with Gasteiger partial charge in [0.1, 0.15) is 0 Å². The summed E-state index contributed by atoms with van der Waals surface area (Å²) in [6.45, 7) is 1.11. The zero-order valence-corrected chi connectivity index (χ0v) is 11.9. The second-order valence-electron chi connectivity index (χ2n) is 4.11. The molecule has 0 aliphatic rings. The average Bonchev–Trinajstić information content (AvgIpc) is 2.91. The van der Waals surface area contributed by atoms with E-state index < -0.39 is 0 Å². The summed E-state index contributed by atoms with van der Waals surface area (Å²) in [5.74, 6) is -0.0485. The third-order valence-corrected chi connectivity index (χ3v) is 3.57. The van der Waals surface area contributed by atoms with Crippen molar-refractivity contribution in [1.29, 1.82) is 0 Å². The van der Waals surface area contributed by atoms with E-state index in [-0.39, 0.29) is 5.91 Å². The third-order valence-electron chi connectivity index (χ3n) is 2.58. The number of hydrogen-bond donors (Lipinski definition) is 2. The molecular weight excluding hydrogens is 280 g/mol. The highest BCUT2D eigenvalue weighted by Gasteiger charge is 2.01. The van der Waals surface area contributed by atoms with Gasteiger partial charge >= 0.3 is 0 Å². The van der Waals surface area contributed by atoms with Crippen molar-refractivity contribution in [2.75, 3.05) is 18.4 Å². The van der Waals surface area contributed by atoms with Gasteiger partial charge in [-0.2, -0.15) is 11.3 Å². The number of hydrogen-bond acceptors (Lipinski definition) is 3. The molecule has 19 heavy (non-hydrogen) atoms. The first-order chi connectivity index (χ1) is 9.24.